The Morgan fingerprint density at radius 3 is 2.63 bits per heavy atom. The molecule has 1 aromatic rings. The lowest BCUT2D eigenvalue weighted by atomic mass is 9.91. The molecule has 5 heteroatoms. The van der Waals surface area contributed by atoms with E-state index in [1.165, 1.54) is 49.8 Å². The van der Waals surface area contributed by atoms with E-state index in [1.54, 1.807) is 0 Å². The first-order valence-electron chi connectivity index (χ1n) is 11.9. The zero-order valence-corrected chi connectivity index (χ0v) is 18.4. The van der Waals surface area contributed by atoms with E-state index >= 15 is 0 Å². The Labute approximate surface area is 180 Å². The smallest absolute Gasteiger partial charge is 0.132 e. The van der Waals surface area contributed by atoms with Crippen molar-refractivity contribution in [3.05, 3.63) is 29.5 Å². The average molecular weight is 409 g/mol. The first kappa shape index (κ1) is 19.9. The highest BCUT2D eigenvalue weighted by Crippen LogP contribution is 2.42. The van der Waals surface area contributed by atoms with Crippen molar-refractivity contribution < 1.29 is 4.74 Å². The number of benzene rings is 1. The van der Waals surface area contributed by atoms with Crippen LogP contribution in [0.5, 0.6) is 5.75 Å². The van der Waals surface area contributed by atoms with Gasteiger partial charge in [0.25, 0.3) is 0 Å². The Morgan fingerprint density at radius 1 is 1.20 bits per heavy atom. The van der Waals surface area contributed by atoms with Crippen molar-refractivity contribution in [2.75, 3.05) is 25.0 Å². The van der Waals surface area contributed by atoms with Crippen molar-refractivity contribution in [2.24, 2.45) is 11.8 Å². The molecular weight excluding hydrogens is 372 g/mol. The molecular formula is C25H36N4O. The Kier molecular flexibility index (Phi) is 5.48. The molecule has 2 heterocycles. The molecule has 3 fully saturated rings. The zero-order chi connectivity index (χ0) is 20.7. The molecule has 0 amide bonds. The topological polar surface area (TPSA) is 60.4 Å². The Balaban J connectivity index is 1.43. The monoisotopic (exact) mass is 408 g/mol. The highest BCUT2D eigenvalue weighted by Gasteiger charge is 2.37. The largest absolute Gasteiger partial charge is 0.489 e. The summed E-state index contributed by atoms with van der Waals surface area (Å²) in [6.07, 6.45) is 12.1. The van der Waals surface area contributed by atoms with E-state index in [-0.39, 0.29) is 0 Å². The molecule has 30 heavy (non-hydrogen) atoms. The van der Waals surface area contributed by atoms with Gasteiger partial charge in [0, 0.05) is 53.9 Å². The normalized spacial score (nSPS) is 31.1. The van der Waals surface area contributed by atoms with Crippen molar-refractivity contribution in [2.45, 2.75) is 70.1 Å². The molecule has 3 unspecified atom stereocenters. The molecule has 0 bridgehead atoms. The van der Waals surface area contributed by atoms with E-state index in [0.717, 1.165) is 54.4 Å². The minimum Gasteiger partial charge on any atom is -0.489 e. The lowest BCUT2D eigenvalue weighted by Gasteiger charge is -2.37. The summed E-state index contributed by atoms with van der Waals surface area (Å²) in [6.45, 7) is 4.63. The van der Waals surface area contributed by atoms with E-state index in [9.17, 15) is 0 Å². The van der Waals surface area contributed by atoms with Gasteiger partial charge < -0.3 is 25.7 Å². The van der Waals surface area contributed by atoms with Crippen LogP contribution >= 0.6 is 0 Å². The van der Waals surface area contributed by atoms with Gasteiger partial charge in [-0.15, -0.1) is 0 Å². The SMILES string of the molecule is CC1CCc2c(ccc(/C(C=N)=C/NC3CC4CNCC4C3)c2OC2CCC2)N1C. The van der Waals surface area contributed by atoms with Gasteiger partial charge in [-0.2, -0.15) is 0 Å². The molecule has 4 aliphatic rings. The molecule has 0 radical (unpaired) electrons. The number of anilines is 1. The summed E-state index contributed by atoms with van der Waals surface area (Å²) in [7, 11) is 2.19. The van der Waals surface area contributed by atoms with Gasteiger partial charge in [-0.3, -0.25) is 0 Å². The minimum atomic E-state index is 0.335. The predicted octanol–water partition coefficient (Wildman–Crippen LogP) is 3.97. The average Bonchev–Trinajstić information content (AvgIpc) is 3.30. The van der Waals surface area contributed by atoms with Crippen LogP contribution in [0.1, 0.15) is 56.6 Å². The van der Waals surface area contributed by atoms with E-state index in [1.807, 2.05) is 0 Å². The molecule has 5 rings (SSSR count). The van der Waals surface area contributed by atoms with E-state index in [0.29, 0.717) is 18.2 Å². The third kappa shape index (κ3) is 3.62. The standard InChI is InChI=1S/C25H36N4O/c1-16-6-7-23-24(29(16)2)9-8-22(25(23)30-21-4-3-5-21)19(12-26)15-28-20-10-17-13-27-14-18(17)11-20/h8-9,12,15-18,20-21,26-28H,3-7,10-11,13-14H2,1-2H3/b19-15+,26-12?. The fourth-order valence-corrected chi connectivity index (χ4v) is 5.70. The summed E-state index contributed by atoms with van der Waals surface area (Å²) in [4.78, 5) is 2.38. The second kappa shape index (κ2) is 8.26. The van der Waals surface area contributed by atoms with Crippen LogP contribution in [0.3, 0.4) is 0 Å². The maximum atomic E-state index is 8.14. The van der Waals surface area contributed by atoms with Crippen molar-refractivity contribution >= 4 is 17.5 Å². The van der Waals surface area contributed by atoms with E-state index < -0.39 is 0 Å². The Bertz CT molecular complexity index is 819. The van der Waals surface area contributed by atoms with Gasteiger partial charge in [-0.05, 0) is 88.9 Å². The van der Waals surface area contributed by atoms with Crippen molar-refractivity contribution in [3.63, 3.8) is 0 Å². The fourth-order valence-electron chi connectivity index (χ4n) is 5.70. The van der Waals surface area contributed by atoms with Gasteiger partial charge in [-0.1, -0.05) is 0 Å². The highest BCUT2D eigenvalue weighted by atomic mass is 16.5. The molecule has 2 aliphatic heterocycles. The van der Waals surface area contributed by atoms with Crippen LogP contribution in [-0.2, 0) is 6.42 Å². The molecule has 1 saturated heterocycles. The molecule has 0 spiro atoms. The number of fused-ring (bicyclic) bond motifs is 2. The van der Waals surface area contributed by atoms with Crippen LogP contribution in [0.4, 0.5) is 5.69 Å². The zero-order valence-electron chi connectivity index (χ0n) is 18.4. The summed E-state index contributed by atoms with van der Waals surface area (Å²) in [5, 5.41) is 15.3. The number of hydrogen-bond acceptors (Lipinski definition) is 5. The number of rotatable bonds is 6. The lowest BCUT2D eigenvalue weighted by Crippen LogP contribution is -2.34. The Hall–Kier alpha value is -2.01. The second-order valence-corrected chi connectivity index (χ2v) is 9.87. The van der Waals surface area contributed by atoms with Gasteiger partial charge in [0.1, 0.15) is 5.75 Å². The third-order valence-electron chi connectivity index (χ3n) is 8.02. The van der Waals surface area contributed by atoms with Crippen LogP contribution in [0, 0.1) is 17.2 Å². The predicted molar refractivity (Wildman–Crippen MR) is 124 cm³/mol. The van der Waals surface area contributed by atoms with Crippen LogP contribution < -0.4 is 20.3 Å². The number of nitrogens with zero attached hydrogens (tertiary/aromatic N) is 1. The van der Waals surface area contributed by atoms with Crippen LogP contribution in [0.25, 0.3) is 5.57 Å². The number of ether oxygens (including phenoxy) is 1. The third-order valence-corrected chi connectivity index (χ3v) is 8.02. The summed E-state index contributed by atoms with van der Waals surface area (Å²) in [5.74, 6) is 2.66. The van der Waals surface area contributed by atoms with Crippen molar-refractivity contribution in [1.29, 1.82) is 5.41 Å². The molecule has 5 nitrogen and oxygen atoms in total. The molecule has 3 N–H and O–H groups in total. The maximum Gasteiger partial charge on any atom is 0.132 e. The quantitative estimate of drug-likeness (QED) is 0.624. The molecule has 162 valence electrons. The van der Waals surface area contributed by atoms with Crippen molar-refractivity contribution in [1.82, 2.24) is 10.6 Å². The van der Waals surface area contributed by atoms with E-state index in [4.69, 9.17) is 10.1 Å². The Morgan fingerprint density at radius 2 is 1.97 bits per heavy atom. The molecule has 1 aromatic carbocycles. The first-order chi connectivity index (χ1) is 14.6. The fraction of sp³-hybridized carbons (Fsp3) is 0.640. The summed E-state index contributed by atoms with van der Waals surface area (Å²) < 4.78 is 6.57. The molecule has 2 saturated carbocycles. The number of allylic oxidation sites excluding steroid dienone is 1. The van der Waals surface area contributed by atoms with Gasteiger partial charge in [0.2, 0.25) is 0 Å². The first-order valence-corrected chi connectivity index (χ1v) is 11.9. The van der Waals surface area contributed by atoms with Crippen LogP contribution in [0.2, 0.25) is 0 Å². The van der Waals surface area contributed by atoms with E-state index in [2.05, 4.69) is 47.8 Å². The second-order valence-electron chi connectivity index (χ2n) is 9.87. The highest BCUT2D eigenvalue weighted by molar-refractivity contribution is 6.09. The lowest BCUT2D eigenvalue weighted by molar-refractivity contribution is 0.118. The van der Waals surface area contributed by atoms with Crippen LogP contribution in [0.15, 0.2) is 18.3 Å². The number of nitrogens with one attached hydrogen (secondary N) is 3. The van der Waals surface area contributed by atoms with Crippen molar-refractivity contribution in [3.8, 4) is 5.75 Å². The van der Waals surface area contributed by atoms with Gasteiger partial charge in [-0.25, -0.2) is 0 Å². The van der Waals surface area contributed by atoms with Gasteiger partial charge in [0.15, 0.2) is 0 Å². The number of hydrogen-bond donors (Lipinski definition) is 3. The molecule has 2 aliphatic carbocycles. The summed E-state index contributed by atoms with van der Waals surface area (Å²) >= 11 is 0. The van der Waals surface area contributed by atoms with Gasteiger partial charge >= 0.3 is 0 Å². The van der Waals surface area contributed by atoms with Gasteiger partial charge in [0.05, 0.1) is 6.10 Å². The maximum absolute atomic E-state index is 8.14. The molecule has 3 atom stereocenters. The minimum absolute atomic E-state index is 0.335. The summed E-state index contributed by atoms with van der Waals surface area (Å²) in [5.41, 5.74) is 4.63. The molecule has 0 aromatic heterocycles. The van der Waals surface area contributed by atoms with Crippen LogP contribution in [-0.4, -0.2) is 44.5 Å². The summed E-state index contributed by atoms with van der Waals surface area (Å²) in [6, 6.07) is 5.48.